The van der Waals surface area contributed by atoms with Crippen molar-refractivity contribution in [1.29, 1.82) is 0 Å². The predicted octanol–water partition coefficient (Wildman–Crippen LogP) is 2.50. The maximum Gasteiger partial charge on any atom is 0.226 e. The molecule has 0 bridgehead atoms. The van der Waals surface area contributed by atoms with Gasteiger partial charge >= 0.3 is 0 Å². The monoisotopic (exact) mass is 313 g/mol. The Kier molecular flexibility index (Phi) is 4.65. The lowest BCUT2D eigenvalue weighted by Crippen LogP contribution is -2.34. The van der Waals surface area contributed by atoms with Gasteiger partial charge in [0.25, 0.3) is 0 Å². The lowest BCUT2D eigenvalue weighted by molar-refractivity contribution is -0.135. The molecule has 1 amide bonds. The Hall–Kier alpha value is -2.30. The number of ether oxygens (including phenoxy) is 1. The number of nitrogens with zero attached hydrogens (tertiary/aromatic N) is 3. The molecule has 1 aromatic carbocycles. The maximum atomic E-state index is 12.8. The van der Waals surface area contributed by atoms with Crippen molar-refractivity contribution in [1.82, 2.24) is 14.5 Å². The molecule has 0 fully saturated rings. The molecule has 0 saturated heterocycles. The van der Waals surface area contributed by atoms with Crippen LogP contribution >= 0.6 is 0 Å². The summed E-state index contributed by atoms with van der Waals surface area (Å²) in [7, 11) is 1.86. The van der Waals surface area contributed by atoms with E-state index in [4.69, 9.17) is 4.74 Å². The molecule has 1 atom stereocenters. The molecule has 0 radical (unpaired) electrons. The van der Waals surface area contributed by atoms with Crippen LogP contribution in [0.3, 0.4) is 0 Å². The lowest BCUT2D eigenvalue weighted by Gasteiger charge is -2.22. The molecule has 1 aliphatic heterocycles. The van der Waals surface area contributed by atoms with E-state index in [2.05, 4.69) is 16.5 Å². The second-order valence-electron chi connectivity index (χ2n) is 5.97. The van der Waals surface area contributed by atoms with E-state index in [1.165, 1.54) is 0 Å². The van der Waals surface area contributed by atoms with Crippen molar-refractivity contribution >= 4 is 5.91 Å². The molecule has 0 spiro atoms. The molecule has 122 valence electrons. The summed E-state index contributed by atoms with van der Waals surface area (Å²) >= 11 is 0. The van der Waals surface area contributed by atoms with Crippen molar-refractivity contribution in [2.75, 3.05) is 13.7 Å². The molecule has 2 aromatic rings. The minimum atomic E-state index is -0.0336. The van der Waals surface area contributed by atoms with Crippen molar-refractivity contribution in [2.24, 2.45) is 5.92 Å². The van der Waals surface area contributed by atoms with Gasteiger partial charge in [-0.25, -0.2) is 4.98 Å². The number of hydrogen-bond donors (Lipinski definition) is 0. The molecule has 0 aliphatic carbocycles. The Morgan fingerprint density at radius 2 is 2.26 bits per heavy atom. The predicted molar refractivity (Wildman–Crippen MR) is 88.1 cm³/mol. The Bertz CT molecular complexity index is 680. The smallest absolute Gasteiger partial charge is 0.226 e. The molecule has 1 aliphatic rings. The molecule has 2 heterocycles. The van der Waals surface area contributed by atoms with Crippen LogP contribution in [0.2, 0.25) is 0 Å². The van der Waals surface area contributed by atoms with Crippen LogP contribution in [0, 0.1) is 5.92 Å². The Labute approximate surface area is 136 Å². The molecule has 3 rings (SSSR count). The highest BCUT2D eigenvalue weighted by Gasteiger charge is 2.26. The first kappa shape index (κ1) is 15.6. The third-order valence-corrected chi connectivity index (χ3v) is 4.41. The van der Waals surface area contributed by atoms with E-state index in [9.17, 15) is 4.79 Å². The Morgan fingerprint density at radius 3 is 3.09 bits per heavy atom. The fourth-order valence-electron chi connectivity index (χ4n) is 3.08. The van der Waals surface area contributed by atoms with E-state index in [1.807, 2.05) is 37.5 Å². The van der Waals surface area contributed by atoms with Gasteiger partial charge in [0.05, 0.1) is 13.2 Å². The molecular weight excluding hydrogens is 290 g/mol. The van der Waals surface area contributed by atoms with Gasteiger partial charge in [-0.05, 0) is 31.4 Å². The number of aryl methyl sites for hydroxylation is 1. The van der Waals surface area contributed by atoms with Crippen LogP contribution in [0.15, 0.2) is 36.7 Å². The first-order chi connectivity index (χ1) is 11.2. The van der Waals surface area contributed by atoms with Crippen LogP contribution in [0.4, 0.5) is 0 Å². The van der Waals surface area contributed by atoms with E-state index < -0.39 is 0 Å². The molecule has 1 aromatic heterocycles. The fourth-order valence-corrected chi connectivity index (χ4v) is 3.08. The summed E-state index contributed by atoms with van der Waals surface area (Å²) in [6, 6.07) is 7.99. The van der Waals surface area contributed by atoms with Gasteiger partial charge in [0, 0.05) is 31.9 Å². The molecule has 1 unspecified atom stereocenters. The van der Waals surface area contributed by atoms with Gasteiger partial charge in [-0.15, -0.1) is 0 Å². The maximum absolute atomic E-state index is 12.8. The van der Waals surface area contributed by atoms with Crippen molar-refractivity contribution in [3.05, 3.63) is 48.0 Å². The summed E-state index contributed by atoms with van der Waals surface area (Å²) in [6.07, 6.45) is 5.22. The summed E-state index contributed by atoms with van der Waals surface area (Å²) in [5.74, 6) is 1.96. The summed E-state index contributed by atoms with van der Waals surface area (Å²) in [5.41, 5.74) is 1.12. The molecule has 23 heavy (non-hydrogen) atoms. The van der Waals surface area contributed by atoms with Gasteiger partial charge in [-0.2, -0.15) is 0 Å². The number of aromatic nitrogens is 2. The molecule has 5 heteroatoms. The average Bonchev–Trinajstić information content (AvgIpc) is 2.90. The van der Waals surface area contributed by atoms with Crippen LogP contribution in [-0.4, -0.2) is 34.0 Å². The van der Waals surface area contributed by atoms with Crippen molar-refractivity contribution < 1.29 is 9.53 Å². The normalized spacial score (nSPS) is 17.0. The largest absolute Gasteiger partial charge is 0.493 e. The van der Waals surface area contributed by atoms with E-state index in [-0.39, 0.29) is 11.8 Å². The standard InChI is InChI=1S/C18H23N3O2/c1-3-21-10-9-19-17(21)13-20(2)18(22)15-8-11-23-16-7-5-4-6-14(16)12-15/h4-7,9-10,15H,3,8,11-13H2,1-2H3. The van der Waals surface area contributed by atoms with Crippen LogP contribution in [0.5, 0.6) is 5.75 Å². The minimum absolute atomic E-state index is 0.0336. The number of carbonyl (C=O) groups excluding carboxylic acids is 1. The van der Waals surface area contributed by atoms with Gasteiger partial charge in [-0.3, -0.25) is 4.79 Å². The topological polar surface area (TPSA) is 47.4 Å². The zero-order chi connectivity index (χ0) is 16.2. The van der Waals surface area contributed by atoms with Gasteiger partial charge in [0.2, 0.25) is 5.91 Å². The van der Waals surface area contributed by atoms with Crippen molar-refractivity contribution in [3.63, 3.8) is 0 Å². The Balaban J connectivity index is 1.70. The molecule has 0 N–H and O–H groups in total. The zero-order valence-electron chi connectivity index (χ0n) is 13.7. The number of para-hydroxylation sites is 1. The second-order valence-corrected chi connectivity index (χ2v) is 5.97. The number of carbonyl (C=O) groups is 1. The van der Waals surface area contributed by atoms with Crippen LogP contribution in [0.1, 0.15) is 24.7 Å². The van der Waals surface area contributed by atoms with Crippen LogP contribution in [-0.2, 0) is 24.3 Å². The van der Waals surface area contributed by atoms with E-state index in [0.717, 1.165) is 36.5 Å². The molecule has 0 saturated carbocycles. The quantitative estimate of drug-likeness (QED) is 0.871. The summed E-state index contributed by atoms with van der Waals surface area (Å²) in [6.45, 7) is 4.07. The Morgan fingerprint density at radius 1 is 1.43 bits per heavy atom. The summed E-state index contributed by atoms with van der Waals surface area (Å²) in [5, 5.41) is 0. The van der Waals surface area contributed by atoms with Crippen molar-refractivity contribution in [3.8, 4) is 5.75 Å². The zero-order valence-corrected chi connectivity index (χ0v) is 13.7. The fraction of sp³-hybridized carbons (Fsp3) is 0.444. The highest BCUT2D eigenvalue weighted by atomic mass is 16.5. The van der Waals surface area contributed by atoms with E-state index in [0.29, 0.717) is 13.2 Å². The SMILES string of the molecule is CCn1ccnc1CN(C)C(=O)C1CCOc2ccccc2C1. The van der Waals surface area contributed by atoms with Crippen LogP contribution < -0.4 is 4.74 Å². The first-order valence-corrected chi connectivity index (χ1v) is 8.14. The summed E-state index contributed by atoms with van der Waals surface area (Å²) in [4.78, 5) is 19.0. The number of fused-ring (bicyclic) bond motifs is 1. The number of rotatable bonds is 4. The van der Waals surface area contributed by atoms with Gasteiger partial charge in [0.15, 0.2) is 0 Å². The first-order valence-electron chi connectivity index (χ1n) is 8.14. The third kappa shape index (κ3) is 3.38. The second kappa shape index (κ2) is 6.86. The van der Waals surface area contributed by atoms with Crippen molar-refractivity contribution in [2.45, 2.75) is 32.9 Å². The number of amides is 1. The number of benzene rings is 1. The highest BCUT2D eigenvalue weighted by Crippen LogP contribution is 2.27. The lowest BCUT2D eigenvalue weighted by atomic mass is 9.95. The van der Waals surface area contributed by atoms with E-state index in [1.54, 1.807) is 11.1 Å². The van der Waals surface area contributed by atoms with Crippen LogP contribution in [0.25, 0.3) is 0 Å². The van der Waals surface area contributed by atoms with Gasteiger partial charge in [0.1, 0.15) is 11.6 Å². The minimum Gasteiger partial charge on any atom is -0.493 e. The van der Waals surface area contributed by atoms with Gasteiger partial charge < -0.3 is 14.2 Å². The number of hydrogen-bond acceptors (Lipinski definition) is 3. The average molecular weight is 313 g/mol. The van der Waals surface area contributed by atoms with Gasteiger partial charge in [-0.1, -0.05) is 18.2 Å². The highest BCUT2D eigenvalue weighted by molar-refractivity contribution is 5.79. The third-order valence-electron chi connectivity index (χ3n) is 4.41. The molecule has 5 nitrogen and oxygen atoms in total. The summed E-state index contributed by atoms with van der Waals surface area (Å²) < 4.78 is 7.83. The molecular formula is C18H23N3O2. The number of imidazole rings is 1. The van der Waals surface area contributed by atoms with E-state index >= 15 is 0 Å².